The maximum Gasteiger partial charge on any atom is 0.306 e. The summed E-state index contributed by atoms with van der Waals surface area (Å²) in [6.07, 6.45) is 5.86. The van der Waals surface area contributed by atoms with Crippen LogP contribution in [0.3, 0.4) is 0 Å². The van der Waals surface area contributed by atoms with Crippen LogP contribution < -0.4 is 9.80 Å². The van der Waals surface area contributed by atoms with Crippen molar-refractivity contribution in [2.24, 2.45) is 0 Å². The Labute approximate surface area is 357 Å². The van der Waals surface area contributed by atoms with Crippen molar-refractivity contribution in [3.05, 3.63) is 167 Å². The first-order chi connectivity index (χ1) is 29.1. The average Bonchev–Trinajstić information content (AvgIpc) is 3.26. The number of carbonyl (C=O) groups excluding carboxylic acids is 2. The first kappa shape index (κ1) is 43.4. The number of benzene rings is 6. The summed E-state index contributed by atoms with van der Waals surface area (Å²) in [7, 11) is 0. The Hall–Kier alpha value is -6.14. The van der Waals surface area contributed by atoms with E-state index >= 15 is 0 Å². The van der Waals surface area contributed by atoms with Crippen molar-refractivity contribution < 1.29 is 19.1 Å². The Kier molecular flexibility index (Phi) is 15.4. The number of hydrogen-bond acceptors (Lipinski definition) is 6. The maximum atomic E-state index is 12.3. The Balaban J connectivity index is 1.24. The predicted octanol–water partition coefficient (Wildman–Crippen LogP) is 14.1. The van der Waals surface area contributed by atoms with Gasteiger partial charge in [-0.1, -0.05) is 98.5 Å². The van der Waals surface area contributed by atoms with Gasteiger partial charge in [0, 0.05) is 47.0 Å². The highest BCUT2D eigenvalue weighted by Gasteiger charge is 2.19. The van der Waals surface area contributed by atoms with Crippen LogP contribution in [0.15, 0.2) is 133 Å². The molecule has 0 radical (unpaired) electrons. The van der Waals surface area contributed by atoms with Gasteiger partial charge in [0.2, 0.25) is 0 Å². The molecule has 6 heteroatoms. The Morgan fingerprint density at radius 2 is 0.783 bits per heavy atom. The van der Waals surface area contributed by atoms with E-state index in [2.05, 4.69) is 185 Å². The minimum Gasteiger partial charge on any atom is -0.466 e. The highest BCUT2D eigenvalue weighted by atomic mass is 16.5. The van der Waals surface area contributed by atoms with Gasteiger partial charge in [-0.2, -0.15) is 0 Å². The molecule has 0 heterocycles. The van der Waals surface area contributed by atoms with Crippen molar-refractivity contribution >= 4 is 46.1 Å². The second-order valence-corrected chi connectivity index (χ2v) is 15.8. The molecule has 0 saturated heterocycles. The van der Waals surface area contributed by atoms with Crippen LogP contribution in [0, 0.1) is 27.7 Å². The molecule has 0 amide bonds. The molecule has 0 aliphatic rings. The molecule has 0 atom stereocenters. The molecule has 0 bridgehead atoms. The molecule has 0 spiro atoms. The predicted molar refractivity (Wildman–Crippen MR) is 249 cm³/mol. The molecule has 0 saturated carbocycles. The van der Waals surface area contributed by atoms with Crippen molar-refractivity contribution in [2.45, 2.75) is 92.9 Å². The molecule has 0 aliphatic carbocycles. The molecule has 6 nitrogen and oxygen atoms in total. The summed E-state index contributed by atoms with van der Waals surface area (Å²) >= 11 is 0. The van der Waals surface area contributed by atoms with Crippen molar-refractivity contribution in [3.63, 3.8) is 0 Å². The van der Waals surface area contributed by atoms with Gasteiger partial charge in [-0.15, -0.1) is 0 Å². The van der Waals surface area contributed by atoms with E-state index in [9.17, 15) is 9.59 Å². The zero-order chi connectivity index (χ0) is 42.4. The monoisotopic (exact) mass is 800 g/mol. The number of nitrogens with zero attached hydrogens (tertiary/aromatic N) is 2. The standard InChI is InChI=1S/C54H60N2O4/c1-7-9-35-59-53(57)33-19-43-15-27-49(28-16-43)55(47-23-11-39(3)12-24-47)51-31-21-45(37-41(51)5)46-22-32-52(42(6)38-46)56(48-25-13-40(4)14-26-48)50-29-17-44(18-30-50)20-34-54(58)60-36-10-8-2/h11-18,21-32,37-38H,7-10,19-20,33-36H2,1-6H3. The topological polar surface area (TPSA) is 59.1 Å². The summed E-state index contributed by atoms with van der Waals surface area (Å²) in [4.78, 5) is 29.1. The summed E-state index contributed by atoms with van der Waals surface area (Å²) in [5.41, 5.74) is 15.7. The van der Waals surface area contributed by atoms with Gasteiger partial charge in [0.15, 0.2) is 0 Å². The van der Waals surface area contributed by atoms with Gasteiger partial charge in [0.1, 0.15) is 0 Å². The quantitative estimate of drug-likeness (QED) is 0.0601. The van der Waals surface area contributed by atoms with Crippen LogP contribution in [0.4, 0.5) is 34.1 Å². The van der Waals surface area contributed by atoms with Crippen LogP contribution in [0.5, 0.6) is 0 Å². The molecule has 310 valence electrons. The summed E-state index contributed by atoms with van der Waals surface area (Å²) in [6, 6.07) is 47.8. The molecule has 0 unspecified atom stereocenters. The zero-order valence-electron chi connectivity index (χ0n) is 36.3. The fourth-order valence-corrected chi connectivity index (χ4v) is 7.34. The number of ether oxygens (including phenoxy) is 2. The van der Waals surface area contributed by atoms with Crippen LogP contribution in [0.2, 0.25) is 0 Å². The maximum absolute atomic E-state index is 12.3. The Morgan fingerprint density at radius 1 is 0.450 bits per heavy atom. The summed E-state index contributed by atoms with van der Waals surface area (Å²) in [5.74, 6) is -0.280. The number of carbonyl (C=O) groups is 2. The molecule has 0 fully saturated rings. The van der Waals surface area contributed by atoms with E-state index in [0.29, 0.717) is 38.9 Å². The highest BCUT2D eigenvalue weighted by molar-refractivity contribution is 5.83. The lowest BCUT2D eigenvalue weighted by Gasteiger charge is -2.28. The van der Waals surface area contributed by atoms with E-state index in [4.69, 9.17) is 9.47 Å². The van der Waals surface area contributed by atoms with Gasteiger partial charge in [-0.25, -0.2) is 0 Å². The average molecular weight is 801 g/mol. The van der Waals surface area contributed by atoms with Crippen molar-refractivity contribution in [3.8, 4) is 11.1 Å². The number of anilines is 6. The van der Waals surface area contributed by atoms with Gasteiger partial charge in [-0.3, -0.25) is 9.59 Å². The van der Waals surface area contributed by atoms with E-state index in [1.807, 2.05) is 0 Å². The Bertz CT molecular complexity index is 2150. The lowest BCUT2D eigenvalue weighted by molar-refractivity contribution is -0.144. The van der Waals surface area contributed by atoms with E-state index in [0.717, 1.165) is 93.2 Å². The number of esters is 2. The van der Waals surface area contributed by atoms with Crippen LogP contribution in [0.1, 0.15) is 85.8 Å². The summed E-state index contributed by atoms with van der Waals surface area (Å²) < 4.78 is 10.7. The molecule has 6 rings (SSSR count). The van der Waals surface area contributed by atoms with Gasteiger partial charge < -0.3 is 19.3 Å². The molecule has 6 aromatic carbocycles. The van der Waals surface area contributed by atoms with E-state index < -0.39 is 0 Å². The van der Waals surface area contributed by atoms with Crippen molar-refractivity contribution in [1.29, 1.82) is 0 Å². The van der Waals surface area contributed by atoms with Gasteiger partial charge >= 0.3 is 11.9 Å². The number of hydrogen-bond donors (Lipinski definition) is 0. The van der Waals surface area contributed by atoms with Crippen molar-refractivity contribution in [2.75, 3.05) is 23.0 Å². The number of unbranched alkanes of at least 4 members (excludes halogenated alkanes) is 2. The smallest absolute Gasteiger partial charge is 0.306 e. The summed E-state index contributed by atoms with van der Waals surface area (Å²) in [6.45, 7) is 13.7. The zero-order valence-corrected chi connectivity index (χ0v) is 36.3. The molecule has 6 aromatic rings. The van der Waals surface area contributed by atoms with E-state index in [-0.39, 0.29) is 11.9 Å². The molecular weight excluding hydrogens is 741 g/mol. The molecule has 0 aromatic heterocycles. The molecular formula is C54H60N2O4. The minimum atomic E-state index is -0.140. The lowest BCUT2D eigenvalue weighted by Crippen LogP contribution is -2.12. The largest absolute Gasteiger partial charge is 0.466 e. The van der Waals surface area contributed by atoms with Gasteiger partial charge in [0.25, 0.3) is 0 Å². The van der Waals surface area contributed by atoms with E-state index in [1.54, 1.807) is 0 Å². The van der Waals surface area contributed by atoms with Crippen LogP contribution in [-0.2, 0) is 31.9 Å². The number of rotatable bonds is 19. The van der Waals surface area contributed by atoms with Gasteiger partial charge in [-0.05, 0) is 160 Å². The van der Waals surface area contributed by atoms with Crippen LogP contribution >= 0.6 is 0 Å². The normalized spacial score (nSPS) is 11.0. The second-order valence-electron chi connectivity index (χ2n) is 15.8. The lowest BCUT2D eigenvalue weighted by atomic mass is 9.98. The molecule has 0 N–H and O–H groups in total. The minimum absolute atomic E-state index is 0.140. The third kappa shape index (κ3) is 11.5. The first-order valence-electron chi connectivity index (χ1n) is 21.6. The van der Waals surface area contributed by atoms with Gasteiger partial charge in [0.05, 0.1) is 13.2 Å². The third-order valence-corrected chi connectivity index (χ3v) is 10.9. The fraction of sp³-hybridized carbons (Fsp3) is 0.296. The highest BCUT2D eigenvalue weighted by Crippen LogP contribution is 2.41. The second kappa shape index (κ2) is 21.2. The Morgan fingerprint density at radius 3 is 1.10 bits per heavy atom. The SMILES string of the molecule is CCCCOC(=O)CCc1ccc(N(c2ccc(C)cc2)c2ccc(-c3ccc(N(c4ccc(C)cc4)c4ccc(CCC(=O)OCCCC)cc4)c(C)c3)cc2C)cc1. The number of aryl methyl sites for hydroxylation is 6. The first-order valence-corrected chi connectivity index (χ1v) is 21.6. The van der Waals surface area contributed by atoms with Crippen molar-refractivity contribution in [1.82, 2.24) is 0 Å². The van der Waals surface area contributed by atoms with Crippen LogP contribution in [0.25, 0.3) is 11.1 Å². The summed E-state index contributed by atoms with van der Waals surface area (Å²) in [5, 5.41) is 0. The third-order valence-electron chi connectivity index (χ3n) is 10.9. The van der Waals surface area contributed by atoms with Crippen LogP contribution in [-0.4, -0.2) is 25.2 Å². The fourth-order valence-electron chi connectivity index (χ4n) is 7.34. The van der Waals surface area contributed by atoms with E-state index in [1.165, 1.54) is 11.1 Å². The molecule has 0 aliphatic heterocycles. The molecule has 60 heavy (non-hydrogen) atoms.